The van der Waals surface area contributed by atoms with Gasteiger partial charge in [0, 0.05) is 30.8 Å². The number of nitrogens with two attached hydrogens (primary N) is 1. The molecule has 0 fully saturated rings. The van der Waals surface area contributed by atoms with Crippen molar-refractivity contribution < 1.29 is 14.2 Å². The van der Waals surface area contributed by atoms with Gasteiger partial charge in [-0.05, 0) is 42.1 Å². The number of nitrogens with zero attached hydrogens (tertiary/aromatic N) is 3. The minimum atomic E-state index is -0.359. The van der Waals surface area contributed by atoms with Gasteiger partial charge in [-0.25, -0.2) is 0 Å². The Kier molecular flexibility index (Phi) is 7.67. The van der Waals surface area contributed by atoms with Gasteiger partial charge in [0.05, 0.1) is 0 Å². The molecule has 0 saturated heterocycles. The summed E-state index contributed by atoms with van der Waals surface area (Å²) in [6, 6.07) is 4.09. The van der Waals surface area contributed by atoms with Gasteiger partial charge >= 0.3 is 0 Å². The van der Waals surface area contributed by atoms with E-state index >= 15 is 0 Å². The predicted molar refractivity (Wildman–Crippen MR) is 127 cm³/mol. The first kappa shape index (κ1) is 25.0. The molecular weight excluding hydrogens is 414 g/mol. The maximum atomic E-state index is 6.17. The number of aromatic nitrogens is 3. The Labute approximate surface area is 190 Å². The van der Waals surface area contributed by atoms with E-state index in [0.717, 1.165) is 22.4 Å². The van der Waals surface area contributed by atoms with E-state index in [1.807, 2.05) is 19.1 Å². The third kappa shape index (κ3) is 5.93. The lowest BCUT2D eigenvalue weighted by atomic mass is 9.78. The van der Waals surface area contributed by atoms with Crippen LogP contribution in [0, 0.1) is 0 Å². The van der Waals surface area contributed by atoms with Crippen molar-refractivity contribution in [1.29, 1.82) is 0 Å². The number of nitrogens with one attached hydrogen (secondary N) is 1. The van der Waals surface area contributed by atoms with Crippen LogP contribution in [0.2, 0.25) is 0 Å². The van der Waals surface area contributed by atoms with Crippen molar-refractivity contribution in [1.82, 2.24) is 20.1 Å². The van der Waals surface area contributed by atoms with E-state index in [-0.39, 0.29) is 29.9 Å². The minimum Gasteiger partial charge on any atom is -0.467 e. The molecule has 172 valence electrons. The van der Waals surface area contributed by atoms with E-state index in [1.165, 1.54) is 4.68 Å². The molecule has 1 aromatic carbocycles. The average molecular weight is 450 g/mol. The molecule has 9 heteroatoms. The number of ether oxygens (including phenoxy) is 3. The summed E-state index contributed by atoms with van der Waals surface area (Å²) in [6.45, 7) is 14.7. The molecule has 8 nitrogen and oxygen atoms in total. The van der Waals surface area contributed by atoms with Crippen molar-refractivity contribution in [3.05, 3.63) is 23.3 Å². The summed E-state index contributed by atoms with van der Waals surface area (Å²) in [5.74, 6) is 1.53. The van der Waals surface area contributed by atoms with Gasteiger partial charge in [-0.3, -0.25) is 0 Å². The summed E-state index contributed by atoms with van der Waals surface area (Å²) in [4.78, 5) is 4.44. The number of thiocarbonyl (C=S) groups is 1. The van der Waals surface area contributed by atoms with Gasteiger partial charge < -0.3 is 25.3 Å². The van der Waals surface area contributed by atoms with Crippen LogP contribution in [-0.4, -0.2) is 47.1 Å². The van der Waals surface area contributed by atoms with Crippen LogP contribution in [0.5, 0.6) is 5.75 Å². The van der Waals surface area contributed by atoms with Crippen molar-refractivity contribution in [2.45, 2.75) is 65.6 Å². The topological polar surface area (TPSA) is 96.5 Å². The van der Waals surface area contributed by atoms with E-state index in [1.54, 1.807) is 14.2 Å². The summed E-state index contributed by atoms with van der Waals surface area (Å²) in [6.07, 6.45) is -0.359. The Morgan fingerprint density at radius 1 is 1.16 bits per heavy atom. The highest BCUT2D eigenvalue weighted by molar-refractivity contribution is 7.80. The molecule has 0 radical (unpaired) electrons. The first-order valence-corrected chi connectivity index (χ1v) is 10.6. The maximum Gasteiger partial charge on any atom is 0.226 e. The zero-order valence-electron chi connectivity index (χ0n) is 20.0. The molecule has 0 bridgehead atoms. The number of rotatable bonds is 6. The summed E-state index contributed by atoms with van der Waals surface area (Å²) in [7, 11) is 3.31. The van der Waals surface area contributed by atoms with E-state index in [4.69, 9.17) is 32.2 Å². The smallest absolute Gasteiger partial charge is 0.226 e. The summed E-state index contributed by atoms with van der Waals surface area (Å²) in [5.41, 5.74) is 8.54. The minimum absolute atomic E-state index is 0.0801. The van der Waals surface area contributed by atoms with Crippen LogP contribution in [0.25, 0.3) is 11.4 Å². The van der Waals surface area contributed by atoms with Crippen LogP contribution < -0.4 is 15.8 Å². The maximum absolute atomic E-state index is 6.17. The monoisotopic (exact) mass is 449 g/mol. The van der Waals surface area contributed by atoms with Crippen LogP contribution in [-0.2, 0) is 20.3 Å². The summed E-state index contributed by atoms with van der Waals surface area (Å²) < 4.78 is 18.3. The van der Waals surface area contributed by atoms with Crippen molar-refractivity contribution in [2.75, 3.05) is 26.7 Å². The highest BCUT2D eigenvalue weighted by Gasteiger charge is 2.29. The van der Waals surface area contributed by atoms with Gasteiger partial charge in [0.25, 0.3) is 0 Å². The molecule has 1 heterocycles. The Hall–Kier alpha value is -2.23. The molecule has 1 unspecified atom stereocenters. The second-order valence-corrected chi connectivity index (χ2v) is 9.78. The van der Waals surface area contributed by atoms with Crippen molar-refractivity contribution in [3.8, 4) is 17.1 Å². The fourth-order valence-electron chi connectivity index (χ4n) is 2.99. The second-order valence-electron chi connectivity index (χ2n) is 9.39. The molecular formula is C22H35N5O3S. The highest BCUT2D eigenvalue weighted by atomic mass is 32.1. The van der Waals surface area contributed by atoms with Crippen LogP contribution in [0.3, 0.4) is 0 Å². The second kappa shape index (κ2) is 9.50. The highest BCUT2D eigenvalue weighted by Crippen LogP contribution is 2.42. The molecule has 2 rings (SSSR count). The fourth-order valence-corrected chi connectivity index (χ4v) is 3.12. The molecule has 0 aliphatic rings. The van der Waals surface area contributed by atoms with Gasteiger partial charge in [-0.1, -0.05) is 41.5 Å². The number of nitrogen functional groups attached to an aromatic ring is 1. The first-order chi connectivity index (χ1) is 14.3. The summed E-state index contributed by atoms with van der Waals surface area (Å²) in [5, 5.41) is 7.77. The lowest BCUT2D eigenvalue weighted by Crippen LogP contribution is -2.26. The van der Waals surface area contributed by atoms with Crippen molar-refractivity contribution in [2.24, 2.45) is 0 Å². The Balaban J connectivity index is 2.64. The number of anilines is 1. The Morgan fingerprint density at radius 3 is 2.16 bits per heavy atom. The molecule has 1 aromatic heterocycles. The van der Waals surface area contributed by atoms with Crippen LogP contribution in [0.4, 0.5) is 5.95 Å². The number of methoxy groups -OCH3 is 1. The van der Waals surface area contributed by atoms with Crippen LogP contribution in [0.1, 0.15) is 59.6 Å². The standard InChI is InChI=1S/C22H35N5O3S/c1-13(28-9)29-12-30-17-15(21(2,3)4)10-14(11-16(17)22(5,6)7)18-25-19(23)27(26-18)20(31)24-8/h10-11,13H,12H2,1-9H3,(H,24,31)(H2,23,25,26). The predicted octanol–water partition coefficient (Wildman–Crippen LogP) is 3.82. The molecule has 2 aromatic rings. The molecule has 0 spiro atoms. The Morgan fingerprint density at radius 2 is 1.71 bits per heavy atom. The Bertz CT molecular complexity index is 893. The lowest BCUT2D eigenvalue weighted by molar-refractivity contribution is -0.150. The first-order valence-electron chi connectivity index (χ1n) is 10.2. The molecule has 0 saturated carbocycles. The molecule has 0 aliphatic carbocycles. The third-order valence-corrected chi connectivity index (χ3v) is 5.22. The fraction of sp³-hybridized carbons (Fsp3) is 0.591. The number of benzene rings is 1. The SMILES string of the molecule is CNC(=S)n1nc(-c2cc(C(C)(C)C)c(OCOC(C)OC)c(C(C)(C)C)c2)nc1N. The van der Waals surface area contributed by atoms with E-state index < -0.39 is 0 Å². The van der Waals surface area contributed by atoms with Crippen LogP contribution in [0.15, 0.2) is 12.1 Å². The van der Waals surface area contributed by atoms with E-state index in [2.05, 4.69) is 56.9 Å². The lowest BCUT2D eigenvalue weighted by Gasteiger charge is -2.30. The molecule has 0 amide bonds. The normalized spacial score (nSPS) is 13.2. The van der Waals surface area contributed by atoms with E-state index in [0.29, 0.717) is 10.9 Å². The number of hydrogen-bond acceptors (Lipinski definition) is 7. The van der Waals surface area contributed by atoms with Gasteiger partial charge in [0.15, 0.2) is 24.0 Å². The number of hydrogen-bond donors (Lipinski definition) is 2. The van der Waals surface area contributed by atoms with Crippen LogP contribution >= 0.6 is 12.2 Å². The van der Waals surface area contributed by atoms with Gasteiger partial charge in [-0.15, -0.1) is 5.10 Å². The van der Waals surface area contributed by atoms with Gasteiger partial charge in [0.2, 0.25) is 5.95 Å². The molecule has 0 aliphatic heterocycles. The van der Waals surface area contributed by atoms with Gasteiger partial charge in [0.1, 0.15) is 5.75 Å². The van der Waals surface area contributed by atoms with Crippen molar-refractivity contribution in [3.63, 3.8) is 0 Å². The van der Waals surface area contributed by atoms with Crippen molar-refractivity contribution >= 4 is 23.3 Å². The third-order valence-electron chi connectivity index (χ3n) is 4.84. The average Bonchev–Trinajstić information content (AvgIpc) is 3.07. The van der Waals surface area contributed by atoms with Gasteiger partial charge in [-0.2, -0.15) is 9.67 Å². The zero-order valence-corrected chi connectivity index (χ0v) is 20.8. The largest absolute Gasteiger partial charge is 0.467 e. The molecule has 1 atom stereocenters. The van der Waals surface area contributed by atoms with E-state index in [9.17, 15) is 0 Å². The molecule has 3 N–H and O–H groups in total. The summed E-state index contributed by atoms with van der Waals surface area (Å²) >= 11 is 5.27. The quantitative estimate of drug-likeness (QED) is 0.507. The molecule has 31 heavy (non-hydrogen) atoms. The zero-order chi connectivity index (χ0) is 23.6.